The van der Waals surface area contributed by atoms with Crippen LogP contribution in [0.1, 0.15) is 42.0 Å². The van der Waals surface area contributed by atoms with Gasteiger partial charge in [0.25, 0.3) is 0 Å². The largest absolute Gasteiger partial charge is 0.325 e. The second kappa shape index (κ2) is 8.05. The van der Waals surface area contributed by atoms with E-state index in [4.69, 9.17) is 0 Å². The number of benzene rings is 2. The number of aryl methyl sites for hydroxylation is 3. The van der Waals surface area contributed by atoms with Gasteiger partial charge in [-0.25, -0.2) is 4.79 Å². The normalized spacial score (nSPS) is 14.1. The molecule has 0 bridgehead atoms. The Balaban J connectivity index is 1.64. The maximum absolute atomic E-state index is 12.8. The van der Waals surface area contributed by atoms with Gasteiger partial charge in [-0.15, -0.1) is 0 Å². The van der Waals surface area contributed by atoms with Crippen molar-refractivity contribution in [3.05, 3.63) is 58.7 Å². The van der Waals surface area contributed by atoms with E-state index in [0.717, 1.165) is 22.5 Å². The summed E-state index contributed by atoms with van der Waals surface area (Å²) in [5, 5.41) is 2.98. The van der Waals surface area contributed by atoms with Gasteiger partial charge >= 0.3 is 6.03 Å². The van der Waals surface area contributed by atoms with Gasteiger partial charge in [-0.3, -0.25) is 9.69 Å². The topological polar surface area (TPSA) is 52.7 Å². The van der Waals surface area contributed by atoms with Crippen LogP contribution in [0, 0.1) is 20.8 Å². The fraction of sp³-hybridized carbons (Fsp3) is 0.391. The second-order valence-electron chi connectivity index (χ2n) is 7.92. The number of nitrogens with one attached hydrogen (secondary N) is 1. The summed E-state index contributed by atoms with van der Waals surface area (Å²) in [4.78, 5) is 28.6. The molecule has 1 saturated heterocycles. The molecule has 2 aromatic rings. The molecule has 1 aliphatic heterocycles. The Morgan fingerprint density at radius 1 is 1.04 bits per heavy atom. The molecule has 2 aromatic carbocycles. The number of rotatable bonds is 5. The smallest absolute Gasteiger partial charge is 0.324 e. The Labute approximate surface area is 167 Å². The van der Waals surface area contributed by atoms with Crippen molar-refractivity contribution in [2.75, 3.05) is 29.9 Å². The molecular formula is C23H29N3O2. The zero-order valence-corrected chi connectivity index (χ0v) is 17.4. The lowest BCUT2D eigenvalue weighted by Gasteiger charge is -2.20. The molecule has 0 atom stereocenters. The first kappa shape index (κ1) is 19.9. The number of carbonyl (C=O) groups is 2. The number of carbonyl (C=O) groups excluding carboxylic acids is 2. The zero-order chi connectivity index (χ0) is 20.4. The Morgan fingerprint density at radius 3 is 2.21 bits per heavy atom. The van der Waals surface area contributed by atoms with E-state index >= 15 is 0 Å². The minimum absolute atomic E-state index is 0.0617. The summed E-state index contributed by atoms with van der Waals surface area (Å²) in [6, 6.07) is 12.1. The molecule has 3 amide bonds. The van der Waals surface area contributed by atoms with Crippen LogP contribution < -0.4 is 10.2 Å². The third-order valence-corrected chi connectivity index (χ3v) is 5.24. The predicted molar refractivity (Wildman–Crippen MR) is 114 cm³/mol. The van der Waals surface area contributed by atoms with Crippen molar-refractivity contribution < 1.29 is 9.59 Å². The van der Waals surface area contributed by atoms with E-state index in [1.54, 1.807) is 9.80 Å². The van der Waals surface area contributed by atoms with Crippen LogP contribution in [0.25, 0.3) is 0 Å². The maximum Gasteiger partial charge on any atom is 0.325 e. The van der Waals surface area contributed by atoms with Crippen LogP contribution in [-0.2, 0) is 4.79 Å². The van der Waals surface area contributed by atoms with E-state index in [-0.39, 0.29) is 18.5 Å². The molecule has 1 N–H and O–H groups in total. The van der Waals surface area contributed by atoms with Crippen LogP contribution in [0.3, 0.4) is 0 Å². The molecule has 0 aliphatic carbocycles. The Hall–Kier alpha value is -2.82. The molecule has 5 nitrogen and oxygen atoms in total. The van der Waals surface area contributed by atoms with Gasteiger partial charge in [0.05, 0.1) is 0 Å². The predicted octanol–water partition coefficient (Wildman–Crippen LogP) is 4.62. The lowest BCUT2D eigenvalue weighted by Crippen LogP contribution is -2.37. The number of anilines is 2. The van der Waals surface area contributed by atoms with E-state index in [0.29, 0.717) is 19.0 Å². The summed E-state index contributed by atoms with van der Waals surface area (Å²) in [7, 11) is 0. The van der Waals surface area contributed by atoms with Gasteiger partial charge in [0.2, 0.25) is 5.91 Å². The molecule has 0 aromatic heterocycles. The lowest BCUT2D eigenvalue weighted by molar-refractivity contribution is -0.116. The van der Waals surface area contributed by atoms with Crippen LogP contribution in [0.2, 0.25) is 0 Å². The van der Waals surface area contributed by atoms with Crippen molar-refractivity contribution in [1.29, 1.82) is 0 Å². The average Bonchev–Trinajstić information content (AvgIpc) is 2.98. The van der Waals surface area contributed by atoms with Crippen molar-refractivity contribution in [3.63, 3.8) is 0 Å². The van der Waals surface area contributed by atoms with Crippen LogP contribution in [0.5, 0.6) is 0 Å². The summed E-state index contributed by atoms with van der Waals surface area (Å²) in [5.41, 5.74) is 6.19. The number of amides is 3. The Bertz CT molecular complexity index is 864. The summed E-state index contributed by atoms with van der Waals surface area (Å²) in [5.74, 6) is 0.289. The van der Waals surface area contributed by atoms with Gasteiger partial charge in [0.1, 0.15) is 6.54 Å². The second-order valence-corrected chi connectivity index (χ2v) is 7.92. The fourth-order valence-electron chi connectivity index (χ4n) is 3.74. The van der Waals surface area contributed by atoms with E-state index in [1.165, 1.54) is 11.1 Å². The van der Waals surface area contributed by atoms with Gasteiger partial charge < -0.3 is 10.2 Å². The average molecular weight is 380 g/mol. The summed E-state index contributed by atoms with van der Waals surface area (Å²) in [6.07, 6.45) is 0. The molecule has 5 heteroatoms. The highest BCUT2D eigenvalue weighted by atomic mass is 16.2. The van der Waals surface area contributed by atoms with Crippen LogP contribution in [-0.4, -0.2) is 36.5 Å². The van der Waals surface area contributed by atoms with Crippen LogP contribution in [0.4, 0.5) is 16.2 Å². The van der Waals surface area contributed by atoms with Crippen molar-refractivity contribution in [3.8, 4) is 0 Å². The van der Waals surface area contributed by atoms with E-state index in [2.05, 4.69) is 31.3 Å². The van der Waals surface area contributed by atoms with Gasteiger partial charge in [0, 0.05) is 24.5 Å². The molecular weight excluding hydrogens is 350 g/mol. The molecule has 148 valence electrons. The first-order valence-corrected chi connectivity index (χ1v) is 9.80. The van der Waals surface area contributed by atoms with Crippen molar-refractivity contribution >= 4 is 23.3 Å². The molecule has 1 fully saturated rings. The summed E-state index contributed by atoms with van der Waals surface area (Å²) >= 11 is 0. The van der Waals surface area contributed by atoms with Crippen molar-refractivity contribution in [1.82, 2.24) is 4.90 Å². The van der Waals surface area contributed by atoms with Gasteiger partial charge in [-0.2, -0.15) is 0 Å². The number of hydrogen-bond donors (Lipinski definition) is 1. The minimum atomic E-state index is -0.166. The summed E-state index contributed by atoms with van der Waals surface area (Å²) in [6.45, 7) is 11.5. The quantitative estimate of drug-likeness (QED) is 0.824. The molecule has 3 rings (SSSR count). The highest BCUT2D eigenvalue weighted by molar-refractivity contribution is 5.99. The van der Waals surface area contributed by atoms with E-state index < -0.39 is 0 Å². The number of nitrogens with zero attached hydrogens (tertiary/aromatic N) is 2. The van der Waals surface area contributed by atoms with Gasteiger partial charge in [-0.1, -0.05) is 43.7 Å². The first-order chi connectivity index (χ1) is 13.3. The molecule has 0 radical (unpaired) electrons. The first-order valence-electron chi connectivity index (χ1n) is 9.80. The minimum Gasteiger partial charge on any atom is -0.324 e. The molecule has 1 heterocycles. The fourth-order valence-corrected chi connectivity index (χ4v) is 3.74. The zero-order valence-electron chi connectivity index (χ0n) is 17.4. The van der Waals surface area contributed by atoms with Crippen LogP contribution >= 0.6 is 0 Å². The highest BCUT2D eigenvalue weighted by Crippen LogP contribution is 2.24. The van der Waals surface area contributed by atoms with Crippen molar-refractivity contribution in [2.45, 2.75) is 40.5 Å². The third kappa shape index (κ3) is 4.19. The molecule has 0 unspecified atom stereocenters. The SMILES string of the molecule is Cc1cc(C)c(NC(=O)CN2CCN(c3ccc(C(C)C)cc3)C2=O)c(C)c1. The highest BCUT2D eigenvalue weighted by Gasteiger charge is 2.31. The molecule has 0 spiro atoms. The van der Waals surface area contributed by atoms with E-state index in [9.17, 15) is 9.59 Å². The number of urea groups is 1. The van der Waals surface area contributed by atoms with Gasteiger partial charge in [-0.05, 0) is 55.5 Å². The standard InChI is InChI=1S/C23H29N3O2/c1-15(2)19-6-8-20(9-7-19)26-11-10-25(23(26)28)14-21(27)24-22-17(4)12-16(3)13-18(22)5/h6-9,12-13,15H,10-11,14H2,1-5H3,(H,24,27). The van der Waals surface area contributed by atoms with Gasteiger partial charge in [0.15, 0.2) is 0 Å². The molecule has 28 heavy (non-hydrogen) atoms. The Kier molecular flexibility index (Phi) is 5.73. The van der Waals surface area contributed by atoms with Crippen molar-refractivity contribution in [2.24, 2.45) is 0 Å². The monoisotopic (exact) mass is 379 g/mol. The third-order valence-electron chi connectivity index (χ3n) is 5.24. The molecule has 0 saturated carbocycles. The number of hydrogen-bond acceptors (Lipinski definition) is 2. The molecule has 1 aliphatic rings. The maximum atomic E-state index is 12.8. The summed E-state index contributed by atoms with van der Waals surface area (Å²) < 4.78 is 0. The van der Waals surface area contributed by atoms with Crippen LogP contribution in [0.15, 0.2) is 36.4 Å². The Morgan fingerprint density at radius 2 is 1.64 bits per heavy atom. The van der Waals surface area contributed by atoms with E-state index in [1.807, 2.05) is 45.0 Å². The lowest BCUT2D eigenvalue weighted by atomic mass is 10.0.